The molecule has 7 heteroatoms. The predicted molar refractivity (Wildman–Crippen MR) is 91.0 cm³/mol. The number of aryl methyl sites for hydroxylation is 1. The molecule has 2 aromatic heterocycles. The van der Waals surface area contributed by atoms with Gasteiger partial charge in [0.2, 0.25) is 5.95 Å². The number of halogens is 1. The van der Waals surface area contributed by atoms with E-state index in [9.17, 15) is 4.79 Å². The lowest BCUT2D eigenvalue weighted by atomic mass is 10.2. The fourth-order valence-corrected chi connectivity index (χ4v) is 2.26. The molecule has 0 unspecified atom stereocenters. The summed E-state index contributed by atoms with van der Waals surface area (Å²) >= 11 is 2.20. The van der Waals surface area contributed by atoms with Gasteiger partial charge in [0.25, 0.3) is 5.91 Å². The Morgan fingerprint density at radius 3 is 2.41 bits per heavy atom. The highest BCUT2D eigenvalue weighted by Crippen LogP contribution is 2.11. The SMILES string of the molecule is Cc1nccn1-c1ncc(NC(=O)c2ccc(I)cc2)cn1. The average molecular weight is 405 g/mol. The van der Waals surface area contributed by atoms with Gasteiger partial charge in [-0.25, -0.2) is 15.0 Å². The van der Waals surface area contributed by atoms with Gasteiger partial charge in [-0.05, 0) is 53.8 Å². The minimum atomic E-state index is -0.188. The fraction of sp³-hybridized carbons (Fsp3) is 0.0667. The van der Waals surface area contributed by atoms with Gasteiger partial charge in [-0.1, -0.05) is 0 Å². The van der Waals surface area contributed by atoms with Crippen molar-refractivity contribution in [2.45, 2.75) is 6.92 Å². The van der Waals surface area contributed by atoms with Gasteiger partial charge in [0, 0.05) is 21.5 Å². The molecule has 1 amide bonds. The maximum absolute atomic E-state index is 12.1. The van der Waals surface area contributed by atoms with Crippen molar-refractivity contribution in [2.24, 2.45) is 0 Å². The zero-order chi connectivity index (χ0) is 15.5. The Balaban J connectivity index is 1.75. The summed E-state index contributed by atoms with van der Waals surface area (Å²) in [5, 5.41) is 2.77. The van der Waals surface area contributed by atoms with E-state index in [2.05, 4.69) is 42.9 Å². The molecule has 0 bridgehead atoms. The minimum Gasteiger partial charge on any atom is -0.319 e. The van der Waals surface area contributed by atoms with Crippen LogP contribution in [0.5, 0.6) is 0 Å². The molecule has 0 fully saturated rings. The first-order valence-corrected chi connectivity index (χ1v) is 7.60. The van der Waals surface area contributed by atoms with E-state index < -0.39 is 0 Å². The van der Waals surface area contributed by atoms with E-state index in [1.165, 1.54) is 0 Å². The van der Waals surface area contributed by atoms with Gasteiger partial charge < -0.3 is 5.32 Å². The molecule has 0 saturated heterocycles. The average Bonchev–Trinajstić information content (AvgIpc) is 2.95. The zero-order valence-corrected chi connectivity index (χ0v) is 13.9. The number of nitrogens with one attached hydrogen (secondary N) is 1. The number of amides is 1. The third-order valence-corrected chi connectivity index (χ3v) is 3.76. The molecule has 6 nitrogen and oxygen atoms in total. The topological polar surface area (TPSA) is 72.7 Å². The Morgan fingerprint density at radius 2 is 1.82 bits per heavy atom. The Hall–Kier alpha value is -2.29. The van der Waals surface area contributed by atoms with Crippen LogP contribution < -0.4 is 5.32 Å². The molecule has 2 heterocycles. The Bertz CT molecular complexity index is 796. The number of anilines is 1. The summed E-state index contributed by atoms with van der Waals surface area (Å²) in [5.74, 6) is 1.13. The van der Waals surface area contributed by atoms with Crippen molar-refractivity contribution >= 4 is 34.2 Å². The summed E-state index contributed by atoms with van der Waals surface area (Å²) in [6, 6.07) is 7.33. The third kappa shape index (κ3) is 3.14. The second kappa shape index (κ2) is 6.22. The Labute approximate surface area is 140 Å². The van der Waals surface area contributed by atoms with Crippen molar-refractivity contribution in [1.29, 1.82) is 0 Å². The number of benzene rings is 1. The fourth-order valence-electron chi connectivity index (χ4n) is 1.90. The molecule has 0 spiro atoms. The van der Waals surface area contributed by atoms with E-state index in [-0.39, 0.29) is 5.91 Å². The van der Waals surface area contributed by atoms with Gasteiger partial charge >= 0.3 is 0 Å². The number of hydrogen-bond donors (Lipinski definition) is 1. The van der Waals surface area contributed by atoms with Gasteiger partial charge in [0.05, 0.1) is 18.1 Å². The van der Waals surface area contributed by atoms with Crippen LogP contribution in [0.2, 0.25) is 0 Å². The van der Waals surface area contributed by atoms with Crippen molar-refractivity contribution < 1.29 is 4.79 Å². The molecule has 0 saturated carbocycles. The van der Waals surface area contributed by atoms with Crippen LogP contribution >= 0.6 is 22.6 Å². The lowest BCUT2D eigenvalue weighted by Crippen LogP contribution is -2.13. The van der Waals surface area contributed by atoms with Crippen LogP contribution in [0.3, 0.4) is 0 Å². The standard InChI is InChI=1S/C15H12IN5O/c1-10-17-6-7-21(10)15-18-8-13(9-19-15)20-14(22)11-2-4-12(16)5-3-11/h2-9H,1H3,(H,20,22). The highest BCUT2D eigenvalue weighted by Gasteiger charge is 2.08. The second-order valence-corrected chi connectivity index (χ2v) is 5.82. The predicted octanol–water partition coefficient (Wildman–Crippen LogP) is 2.83. The molecule has 0 aliphatic carbocycles. The maximum atomic E-state index is 12.1. The summed E-state index contributed by atoms with van der Waals surface area (Å²) < 4.78 is 2.85. The van der Waals surface area contributed by atoms with Crippen LogP contribution in [0, 0.1) is 10.5 Å². The van der Waals surface area contributed by atoms with Crippen LogP contribution in [0.15, 0.2) is 49.1 Å². The smallest absolute Gasteiger partial charge is 0.255 e. The third-order valence-electron chi connectivity index (χ3n) is 3.04. The minimum absolute atomic E-state index is 0.188. The van der Waals surface area contributed by atoms with Crippen LogP contribution in [0.25, 0.3) is 5.95 Å². The molecular weight excluding hydrogens is 393 g/mol. The normalized spacial score (nSPS) is 10.5. The molecule has 0 atom stereocenters. The largest absolute Gasteiger partial charge is 0.319 e. The number of aromatic nitrogens is 4. The molecule has 3 rings (SSSR count). The van der Waals surface area contributed by atoms with E-state index in [0.717, 1.165) is 9.39 Å². The lowest BCUT2D eigenvalue weighted by molar-refractivity contribution is 0.102. The number of carbonyl (C=O) groups is 1. The second-order valence-electron chi connectivity index (χ2n) is 4.58. The molecule has 0 aliphatic rings. The monoisotopic (exact) mass is 405 g/mol. The highest BCUT2D eigenvalue weighted by molar-refractivity contribution is 14.1. The molecule has 1 aromatic carbocycles. The maximum Gasteiger partial charge on any atom is 0.255 e. The number of nitrogens with zero attached hydrogens (tertiary/aromatic N) is 4. The number of imidazole rings is 1. The van der Waals surface area contributed by atoms with Gasteiger partial charge in [-0.3, -0.25) is 9.36 Å². The van der Waals surface area contributed by atoms with Crippen LogP contribution in [-0.2, 0) is 0 Å². The summed E-state index contributed by atoms with van der Waals surface area (Å²) in [6.45, 7) is 1.87. The van der Waals surface area contributed by atoms with Crippen molar-refractivity contribution in [1.82, 2.24) is 19.5 Å². The number of carbonyl (C=O) groups excluding carboxylic acids is 1. The summed E-state index contributed by atoms with van der Waals surface area (Å²) in [6.07, 6.45) is 6.62. The Morgan fingerprint density at radius 1 is 1.14 bits per heavy atom. The van der Waals surface area contributed by atoms with E-state index in [1.54, 1.807) is 41.5 Å². The van der Waals surface area contributed by atoms with Gasteiger partial charge in [0.1, 0.15) is 5.82 Å². The summed E-state index contributed by atoms with van der Waals surface area (Å²) in [5.41, 5.74) is 1.14. The summed E-state index contributed by atoms with van der Waals surface area (Å²) in [4.78, 5) is 24.7. The van der Waals surface area contributed by atoms with Crippen LogP contribution in [0.4, 0.5) is 5.69 Å². The van der Waals surface area contributed by atoms with E-state index in [1.807, 2.05) is 19.1 Å². The first kappa shape index (κ1) is 14.6. The first-order valence-electron chi connectivity index (χ1n) is 6.53. The van der Waals surface area contributed by atoms with E-state index in [0.29, 0.717) is 17.2 Å². The molecule has 110 valence electrons. The van der Waals surface area contributed by atoms with Crippen molar-refractivity contribution in [2.75, 3.05) is 5.32 Å². The molecule has 22 heavy (non-hydrogen) atoms. The number of hydrogen-bond acceptors (Lipinski definition) is 4. The first-order chi connectivity index (χ1) is 10.6. The van der Waals surface area contributed by atoms with E-state index >= 15 is 0 Å². The molecule has 3 aromatic rings. The van der Waals surface area contributed by atoms with Gasteiger partial charge in [-0.2, -0.15) is 0 Å². The van der Waals surface area contributed by atoms with Crippen LogP contribution in [0.1, 0.15) is 16.2 Å². The zero-order valence-electron chi connectivity index (χ0n) is 11.7. The molecule has 0 radical (unpaired) electrons. The van der Waals surface area contributed by atoms with E-state index in [4.69, 9.17) is 0 Å². The van der Waals surface area contributed by atoms with Crippen molar-refractivity contribution in [3.05, 3.63) is 64.0 Å². The highest BCUT2D eigenvalue weighted by atomic mass is 127. The molecule has 0 aliphatic heterocycles. The van der Waals surface area contributed by atoms with Gasteiger partial charge in [0.15, 0.2) is 0 Å². The number of rotatable bonds is 3. The Kier molecular flexibility index (Phi) is 4.14. The summed E-state index contributed by atoms with van der Waals surface area (Å²) in [7, 11) is 0. The van der Waals surface area contributed by atoms with Crippen LogP contribution in [-0.4, -0.2) is 25.4 Å². The molecule has 1 N–H and O–H groups in total. The quantitative estimate of drug-likeness (QED) is 0.681. The van der Waals surface area contributed by atoms with Gasteiger partial charge in [-0.15, -0.1) is 0 Å². The lowest BCUT2D eigenvalue weighted by Gasteiger charge is -2.06. The molecular formula is C15H12IN5O. The van der Waals surface area contributed by atoms with Crippen molar-refractivity contribution in [3.63, 3.8) is 0 Å². The van der Waals surface area contributed by atoms with Crippen molar-refractivity contribution in [3.8, 4) is 5.95 Å².